The number of anilines is 1. The van der Waals surface area contributed by atoms with E-state index in [1.807, 2.05) is 66.9 Å². The number of aliphatic hydroxyl groups excluding tert-OH is 1. The van der Waals surface area contributed by atoms with Gasteiger partial charge in [0.15, 0.2) is 0 Å². The van der Waals surface area contributed by atoms with Crippen LogP contribution in [0.15, 0.2) is 89.9 Å². The monoisotopic (exact) mass is 462 g/mol. The summed E-state index contributed by atoms with van der Waals surface area (Å²) >= 11 is 0. The van der Waals surface area contributed by atoms with Crippen molar-refractivity contribution in [3.05, 3.63) is 112 Å². The number of nitrogens with zero attached hydrogens (tertiary/aromatic N) is 3. The van der Waals surface area contributed by atoms with E-state index in [0.717, 1.165) is 17.6 Å². The van der Waals surface area contributed by atoms with Crippen LogP contribution in [-0.2, 0) is 6.54 Å². The largest absolute Gasteiger partial charge is 0.387 e. The van der Waals surface area contributed by atoms with Crippen LogP contribution in [-0.4, -0.2) is 32.6 Å². The third-order valence-electron chi connectivity index (χ3n) is 6.05. The number of fused-ring (bicyclic) bond motifs is 1. The van der Waals surface area contributed by atoms with Gasteiger partial charge in [-0.3, -0.25) is 9.36 Å². The van der Waals surface area contributed by atoms with Crippen LogP contribution in [0.2, 0.25) is 0 Å². The Labute approximate surface area is 199 Å². The lowest BCUT2D eigenvalue weighted by atomic mass is 10.0. The van der Waals surface area contributed by atoms with Crippen LogP contribution in [0.3, 0.4) is 0 Å². The van der Waals surface area contributed by atoms with E-state index in [-0.39, 0.29) is 24.0 Å². The van der Waals surface area contributed by atoms with Crippen molar-refractivity contribution < 1.29 is 5.11 Å². The highest BCUT2D eigenvalue weighted by Gasteiger charge is 2.22. The van der Waals surface area contributed by atoms with E-state index in [1.165, 1.54) is 5.56 Å². The molecule has 5 rings (SSSR count). The number of hydrogen-bond acceptors (Lipinski definition) is 5. The van der Waals surface area contributed by atoms with E-state index >= 15 is 0 Å². The molecule has 7 heteroatoms. The zero-order chi connectivity index (χ0) is 21.9. The van der Waals surface area contributed by atoms with Crippen molar-refractivity contribution in [2.24, 2.45) is 0 Å². The molecule has 33 heavy (non-hydrogen) atoms. The molecule has 6 nitrogen and oxygen atoms in total. The van der Waals surface area contributed by atoms with Crippen LogP contribution in [0.4, 0.5) is 5.95 Å². The van der Waals surface area contributed by atoms with E-state index in [1.54, 1.807) is 10.6 Å². The number of aromatic nitrogens is 2. The Morgan fingerprint density at radius 1 is 1.09 bits per heavy atom. The first-order valence-electron chi connectivity index (χ1n) is 11.0. The third-order valence-corrected chi connectivity index (χ3v) is 6.05. The van der Waals surface area contributed by atoms with Gasteiger partial charge in [-0.1, -0.05) is 66.7 Å². The van der Waals surface area contributed by atoms with Gasteiger partial charge in [-0.05, 0) is 29.2 Å². The van der Waals surface area contributed by atoms with Crippen LogP contribution in [0.5, 0.6) is 0 Å². The fourth-order valence-corrected chi connectivity index (χ4v) is 4.26. The summed E-state index contributed by atoms with van der Waals surface area (Å²) in [5, 5.41) is 13.9. The summed E-state index contributed by atoms with van der Waals surface area (Å²) in [6.45, 7) is 1.80. The van der Waals surface area contributed by atoms with Crippen molar-refractivity contribution in [1.29, 1.82) is 0 Å². The number of nitrogens with one attached hydrogen (secondary N) is 1. The molecule has 0 radical (unpaired) electrons. The van der Waals surface area contributed by atoms with Crippen LogP contribution in [0.1, 0.15) is 35.4 Å². The first kappa shape index (κ1) is 22.8. The fourth-order valence-electron chi connectivity index (χ4n) is 4.26. The molecule has 2 atom stereocenters. The number of β-amino-alcohol motifs (C(OH)–C–C–N with tert-alkyl or cyclic N) is 1. The van der Waals surface area contributed by atoms with E-state index in [4.69, 9.17) is 4.98 Å². The Hall–Kier alpha value is -3.35. The predicted molar refractivity (Wildman–Crippen MR) is 133 cm³/mol. The maximum Gasteiger partial charge on any atom is 0.255 e. The van der Waals surface area contributed by atoms with Crippen LogP contribution in [0, 0.1) is 0 Å². The fraction of sp³-hybridized carbons (Fsp3) is 0.231. The lowest BCUT2D eigenvalue weighted by Crippen LogP contribution is -2.32. The third kappa shape index (κ3) is 5.02. The summed E-state index contributed by atoms with van der Waals surface area (Å²) in [4.78, 5) is 19.5. The maximum atomic E-state index is 12.7. The second-order valence-electron chi connectivity index (χ2n) is 8.21. The molecule has 2 aliphatic rings. The van der Waals surface area contributed by atoms with E-state index in [9.17, 15) is 9.90 Å². The smallest absolute Gasteiger partial charge is 0.255 e. The number of halogens is 1. The molecule has 3 heterocycles. The maximum absolute atomic E-state index is 12.7. The van der Waals surface area contributed by atoms with E-state index in [2.05, 4.69) is 22.3 Å². The molecule has 0 fully saturated rings. The zero-order valence-electron chi connectivity index (χ0n) is 18.2. The van der Waals surface area contributed by atoms with E-state index < -0.39 is 6.10 Å². The van der Waals surface area contributed by atoms with Crippen LogP contribution < -0.4 is 10.9 Å². The van der Waals surface area contributed by atoms with Gasteiger partial charge in [0.2, 0.25) is 5.95 Å². The molecule has 1 aromatic heterocycles. The van der Waals surface area contributed by atoms with Crippen molar-refractivity contribution in [3.63, 3.8) is 0 Å². The minimum atomic E-state index is -0.554. The van der Waals surface area contributed by atoms with Gasteiger partial charge in [-0.15, -0.1) is 12.4 Å². The average molecular weight is 463 g/mol. The highest BCUT2D eigenvalue weighted by atomic mass is 35.5. The topological polar surface area (TPSA) is 70.4 Å². The lowest BCUT2D eigenvalue weighted by molar-refractivity contribution is 0.140. The molecule has 1 unspecified atom stereocenters. The Kier molecular flexibility index (Phi) is 6.96. The Morgan fingerprint density at radius 2 is 1.82 bits per heavy atom. The van der Waals surface area contributed by atoms with Gasteiger partial charge in [0.1, 0.15) is 0 Å². The van der Waals surface area contributed by atoms with Gasteiger partial charge in [-0.25, -0.2) is 4.98 Å². The van der Waals surface area contributed by atoms with Gasteiger partial charge < -0.3 is 15.3 Å². The average Bonchev–Trinajstić information content (AvgIpc) is 2.85. The molecule has 2 aliphatic heterocycles. The Bertz CT molecular complexity index is 1210. The summed E-state index contributed by atoms with van der Waals surface area (Å²) < 4.78 is 1.71. The van der Waals surface area contributed by atoms with E-state index in [0.29, 0.717) is 31.3 Å². The van der Waals surface area contributed by atoms with Gasteiger partial charge >= 0.3 is 0 Å². The summed E-state index contributed by atoms with van der Waals surface area (Å²) in [5.41, 5.74) is 3.64. The minimum Gasteiger partial charge on any atom is -0.387 e. The van der Waals surface area contributed by atoms with Crippen LogP contribution in [0.25, 0.3) is 5.57 Å². The SMILES string of the molecule is Cl.O=c1cc(C2=CCN(C[C@@H](O)c3ccccc3)C=C2)nc2n1CCC(c1ccccc1)N2. The molecule has 0 aliphatic carbocycles. The molecular formula is C26H27ClN4O2. The molecule has 0 amide bonds. The van der Waals surface area contributed by atoms with Crippen LogP contribution >= 0.6 is 12.4 Å². The van der Waals surface area contributed by atoms with Gasteiger partial charge in [0.25, 0.3) is 5.56 Å². The summed E-state index contributed by atoms with van der Waals surface area (Å²) in [7, 11) is 0. The zero-order valence-corrected chi connectivity index (χ0v) is 19.0. The standard InChI is InChI=1S/C26H26N4O2.ClH/c31-24(21-9-5-2-6-10-21)18-29-14-11-20(12-15-29)23-17-25(32)30-16-13-22(27-26(30)28-23)19-7-3-1-4-8-19;/h1-12,14,17,22,24,31H,13,15-16,18H2,(H,27,28);1H/t22?,24-;/m1./s1. The minimum absolute atomic E-state index is 0. The number of allylic oxidation sites excluding steroid dienone is 2. The molecule has 0 bridgehead atoms. The predicted octanol–water partition coefficient (Wildman–Crippen LogP) is 4.17. The quantitative estimate of drug-likeness (QED) is 0.595. The van der Waals surface area contributed by atoms with Crippen molar-refractivity contribution in [2.75, 3.05) is 18.4 Å². The van der Waals surface area contributed by atoms with Gasteiger partial charge in [0.05, 0.1) is 17.8 Å². The number of rotatable bonds is 5. The molecule has 2 N–H and O–H groups in total. The number of benzene rings is 2. The van der Waals surface area contributed by atoms with Crippen molar-refractivity contribution in [2.45, 2.75) is 25.1 Å². The molecule has 0 saturated heterocycles. The van der Waals surface area contributed by atoms with Crippen molar-refractivity contribution >= 4 is 23.9 Å². The second-order valence-corrected chi connectivity index (χ2v) is 8.21. The normalized spacial score (nSPS) is 17.9. The molecule has 0 spiro atoms. The van der Waals surface area contributed by atoms with Crippen molar-refractivity contribution in [3.8, 4) is 0 Å². The van der Waals surface area contributed by atoms with Gasteiger partial charge in [-0.2, -0.15) is 0 Å². The molecule has 3 aromatic rings. The summed E-state index contributed by atoms with van der Waals surface area (Å²) in [6.07, 6.45) is 6.26. The lowest BCUT2D eigenvalue weighted by Gasteiger charge is -2.28. The number of hydrogen-bond donors (Lipinski definition) is 2. The molecule has 0 saturated carbocycles. The Balaban J connectivity index is 0.00000259. The molecular weight excluding hydrogens is 436 g/mol. The van der Waals surface area contributed by atoms with Gasteiger partial charge in [0, 0.05) is 31.9 Å². The highest BCUT2D eigenvalue weighted by molar-refractivity contribution is 5.85. The first-order valence-corrected chi connectivity index (χ1v) is 11.0. The highest BCUT2D eigenvalue weighted by Crippen LogP contribution is 2.28. The summed E-state index contributed by atoms with van der Waals surface area (Å²) in [5.74, 6) is 0.615. The summed E-state index contributed by atoms with van der Waals surface area (Å²) in [6, 6.07) is 21.7. The Morgan fingerprint density at radius 3 is 2.52 bits per heavy atom. The molecule has 170 valence electrons. The molecule has 2 aromatic carbocycles. The number of aliphatic hydroxyl groups is 1. The van der Waals surface area contributed by atoms with Crippen molar-refractivity contribution in [1.82, 2.24) is 14.5 Å². The first-order chi connectivity index (χ1) is 15.7. The second kappa shape index (κ2) is 10.1.